The van der Waals surface area contributed by atoms with Crippen molar-refractivity contribution in [3.8, 4) is 0 Å². The summed E-state index contributed by atoms with van der Waals surface area (Å²) in [6.45, 7) is 4.67. The molecule has 0 atom stereocenters. The summed E-state index contributed by atoms with van der Waals surface area (Å²) in [7, 11) is 0. The van der Waals surface area contributed by atoms with Gasteiger partial charge in [-0.2, -0.15) is 5.10 Å². The molecule has 6 heteroatoms. The highest BCUT2D eigenvalue weighted by atomic mass is 16.5. The van der Waals surface area contributed by atoms with E-state index in [0.717, 1.165) is 30.5 Å². The first-order chi connectivity index (χ1) is 10.1. The van der Waals surface area contributed by atoms with Gasteiger partial charge in [0.05, 0.1) is 18.4 Å². The monoisotopic (exact) mass is 290 g/mol. The summed E-state index contributed by atoms with van der Waals surface area (Å²) in [6.07, 6.45) is 6.68. The van der Waals surface area contributed by atoms with Gasteiger partial charge in [-0.15, -0.1) is 0 Å². The van der Waals surface area contributed by atoms with Gasteiger partial charge in [0.2, 0.25) is 5.91 Å². The Hall–Kier alpha value is -2.11. The van der Waals surface area contributed by atoms with Crippen LogP contribution in [0.1, 0.15) is 43.7 Å². The quantitative estimate of drug-likeness (QED) is 0.781. The Labute approximate surface area is 124 Å². The number of aromatic nitrogens is 3. The van der Waals surface area contributed by atoms with Crippen molar-refractivity contribution in [2.24, 2.45) is 5.92 Å². The van der Waals surface area contributed by atoms with Crippen LogP contribution in [0.4, 0.5) is 0 Å². The largest absolute Gasteiger partial charge is 0.359 e. The van der Waals surface area contributed by atoms with E-state index in [1.807, 2.05) is 12.3 Å². The minimum absolute atomic E-state index is 0.0281. The van der Waals surface area contributed by atoms with Crippen molar-refractivity contribution >= 4 is 5.91 Å². The molecule has 0 saturated carbocycles. The van der Waals surface area contributed by atoms with Crippen LogP contribution in [-0.2, 0) is 24.2 Å². The zero-order valence-corrected chi connectivity index (χ0v) is 12.6. The molecule has 2 N–H and O–H groups in total. The number of carbonyl (C=O) groups is 1. The summed E-state index contributed by atoms with van der Waals surface area (Å²) in [5, 5.41) is 13.5. The molecule has 0 aromatic carbocycles. The predicted molar refractivity (Wildman–Crippen MR) is 78.4 cm³/mol. The molecule has 6 nitrogen and oxygen atoms in total. The summed E-state index contributed by atoms with van der Waals surface area (Å²) in [6, 6.07) is 1.91. The van der Waals surface area contributed by atoms with E-state index in [1.54, 1.807) is 6.20 Å². The van der Waals surface area contributed by atoms with Gasteiger partial charge >= 0.3 is 0 Å². The van der Waals surface area contributed by atoms with Crippen molar-refractivity contribution < 1.29 is 9.32 Å². The van der Waals surface area contributed by atoms with Crippen molar-refractivity contribution in [2.45, 2.75) is 46.1 Å². The lowest BCUT2D eigenvalue weighted by molar-refractivity contribution is -0.121. The highest BCUT2D eigenvalue weighted by Crippen LogP contribution is 2.09. The molecule has 0 fully saturated rings. The molecule has 0 saturated heterocycles. The number of aryl methyl sites for hydroxylation is 1. The Morgan fingerprint density at radius 1 is 1.48 bits per heavy atom. The lowest BCUT2D eigenvalue weighted by atomic mass is 10.1. The number of hydrogen-bond acceptors (Lipinski definition) is 4. The molecule has 0 bridgehead atoms. The van der Waals surface area contributed by atoms with Gasteiger partial charge < -0.3 is 9.84 Å². The second-order valence-corrected chi connectivity index (χ2v) is 5.62. The van der Waals surface area contributed by atoms with Gasteiger partial charge in [-0.3, -0.25) is 9.89 Å². The molecule has 0 radical (unpaired) electrons. The van der Waals surface area contributed by atoms with Crippen LogP contribution in [0, 0.1) is 5.92 Å². The molecule has 0 unspecified atom stereocenters. The molecule has 0 aliphatic carbocycles. The van der Waals surface area contributed by atoms with E-state index < -0.39 is 0 Å². The molecule has 0 spiro atoms. The van der Waals surface area contributed by atoms with Crippen molar-refractivity contribution in [3.05, 3.63) is 35.5 Å². The van der Waals surface area contributed by atoms with E-state index in [-0.39, 0.29) is 5.91 Å². The van der Waals surface area contributed by atoms with Gasteiger partial charge in [-0.25, -0.2) is 0 Å². The van der Waals surface area contributed by atoms with E-state index >= 15 is 0 Å². The fraction of sp³-hybridized carbons (Fsp3) is 0.533. The second-order valence-electron chi connectivity index (χ2n) is 5.62. The molecule has 2 rings (SSSR count). The molecule has 2 aromatic heterocycles. The second kappa shape index (κ2) is 7.61. The van der Waals surface area contributed by atoms with Gasteiger partial charge in [0.15, 0.2) is 5.76 Å². The molecule has 0 aliphatic heterocycles. The lowest BCUT2D eigenvalue weighted by Gasteiger charge is -2.02. The van der Waals surface area contributed by atoms with E-state index in [0.29, 0.717) is 24.6 Å². The summed E-state index contributed by atoms with van der Waals surface area (Å²) in [4.78, 5) is 11.7. The summed E-state index contributed by atoms with van der Waals surface area (Å²) < 4.78 is 5.20. The number of amides is 1. The number of nitrogens with one attached hydrogen (secondary N) is 2. The maximum absolute atomic E-state index is 11.7. The Kier molecular flexibility index (Phi) is 5.54. The minimum atomic E-state index is 0.0281. The zero-order chi connectivity index (χ0) is 15.1. The summed E-state index contributed by atoms with van der Waals surface area (Å²) in [5.74, 6) is 1.27. The number of rotatable bonds is 8. The van der Waals surface area contributed by atoms with Gasteiger partial charge in [0.25, 0.3) is 0 Å². The molecular weight excluding hydrogens is 268 g/mol. The standard InChI is InChI=1S/C15H22N4O2/c1-11(2)6-13-7-14(21-19-13)10-16-15(20)5-3-4-12-8-17-18-9-12/h7-9,11H,3-6,10H2,1-2H3,(H,16,20)(H,17,18). The fourth-order valence-corrected chi connectivity index (χ4v) is 2.10. The van der Waals surface area contributed by atoms with Crippen LogP contribution in [0.5, 0.6) is 0 Å². The smallest absolute Gasteiger partial charge is 0.220 e. The van der Waals surface area contributed by atoms with Crippen molar-refractivity contribution in [3.63, 3.8) is 0 Å². The van der Waals surface area contributed by atoms with Crippen LogP contribution in [0.15, 0.2) is 23.0 Å². The Morgan fingerprint density at radius 3 is 3.05 bits per heavy atom. The average Bonchev–Trinajstić information content (AvgIpc) is 3.07. The van der Waals surface area contributed by atoms with E-state index in [1.165, 1.54) is 0 Å². The Balaban J connectivity index is 1.65. The summed E-state index contributed by atoms with van der Waals surface area (Å²) >= 11 is 0. The third kappa shape index (κ3) is 5.41. The van der Waals surface area contributed by atoms with Crippen molar-refractivity contribution in [1.82, 2.24) is 20.7 Å². The predicted octanol–water partition coefficient (Wildman–Crippen LogP) is 2.24. The SMILES string of the molecule is CC(C)Cc1cc(CNC(=O)CCCc2cn[nH]c2)on1. The number of H-pyrrole nitrogens is 1. The highest BCUT2D eigenvalue weighted by Gasteiger charge is 2.08. The number of carbonyl (C=O) groups excluding carboxylic acids is 1. The number of nitrogens with zero attached hydrogens (tertiary/aromatic N) is 2. The van der Waals surface area contributed by atoms with Crippen molar-refractivity contribution in [2.75, 3.05) is 0 Å². The molecule has 2 aromatic rings. The lowest BCUT2D eigenvalue weighted by Crippen LogP contribution is -2.22. The van der Waals surface area contributed by atoms with Crippen LogP contribution in [0.3, 0.4) is 0 Å². The number of aromatic amines is 1. The topological polar surface area (TPSA) is 83.8 Å². The molecule has 114 valence electrons. The van der Waals surface area contributed by atoms with Crippen LogP contribution in [0.25, 0.3) is 0 Å². The summed E-state index contributed by atoms with van der Waals surface area (Å²) in [5.41, 5.74) is 2.06. The van der Waals surface area contributed by atoms with Crippen LogP contribution < -0.4 is 5.32 Å². The fourth-order valence-electron chi connectivity index (χ4n) is 2.10. The third-order valence-electron chi connectivity index (χ3n) is 3.11. The molecular formula is C15H22N4O2. The molecule has 1 amide bonds. The number of hydrogen-bond donors (Lipinski definition) is 2. The molecule has 2 heterocycles. The van der Waals surface area contributed by atoms with E-state index in [2.05, 4.69) is 34.5 Å². The Bertz CT molecular complexity index is 546. The van der Waals surface area contributed by atoms with Gasteiger partial charge in [-0.05, 0) is 30.7 Å². The average molecular weight is 290 g/mol. The maximum Gasteiger partial charge on any atom is 0.220 e. The first-order valence-electron chi connectivity index (χ1n) is 7.32. The van der Waals surface area contributed by atoms with Crippen molar-refractivity contribution in [1.29, 1.82) is 0 Å². The van der Waals surface area contributed by atoms with Crippen LogP contribution in [-0.4, -0.2) is 21.3 Å². The van der Waals surface area contributed by atoms with E-state index in [9.17, 15) is 4.79 Å². The third-order valence-corrected chi connectivity index (χ3v) is 3.11. The van der Waals surface area contributed by atoms with Gasteiger partial charge in [-0.1, -0.05) is 19.0 Å². The first kappa shape index (κ1) is 15.3. The Morgan fingerprint density at radius 2 is 2.33 bits per heavy atom. The normalized spacial score (nSPS) is 11.0. The molecule has 0 aliphatic rings. The van der Waals surface area contributed by atoms with Crippen LogP contribution >= 0.6 is 0 Å². The first-order valence-corrected chi connectivity index (χ1v) is 7.32. The highest BCUT2D eigenvalue weighted by molar-refractivity contribution is 5.75. The molecule has 21 heavy (non-hydrogen) atoms. The van der Waals surface area contributed by atoms with E-state index in [4.69, 9.17) is 4.52 Å². The van der Waals surface area contributed by atoms with Gasteiger partial charge in [0.1, 0.15) is 0 Å². The zero-order valence-electron chi connectivity index (χ0n) is 12.6. The van der Waals surface area contributed by atoms with Crippen LogP contribution in [0.2, 0.25) is 0 Å². The van der Waals surface area contributed by atoms with Gasteiger partial charge in [0, 0.05) is 18.7 Å². The minimum Gasteiger partial charge on any atom is -0.359 e. The maximum atomic E-state index is 11.7.